The second-order valence-electron chi connectivity index (χ2n) is 8.47. The number of carbonyl (C=O) groups is 1. The summed E-state index contributed by atoms with van der Waals surface area (Å²) in [4.78, 5) is 18.6. The quantitative estimate of drug-likeness (QED) is 0.179. The number of amides is 1. The number of ether oxygens (including phenoxy) is 4. The molecule has 1 heterocycles. The van der Waals surface area contributed by atoms with Gasteiger partial charge in [-0.2, -0.15) is 21.4 Å². The van der Waals surface area contributed by atoms with Crippen LogP contribution in [0.25, 0.3) is 0 Å². The van der Waals surface area contributed by atoms with Gasteiger partial charge in [-0.3, -0.25) is 9.89 Å². The number of allylic oxidation sites excluding steroid dienone is 1. The van der Waals surface area contributed by atoms with Crippen molar-refractivity contribution in [3.05, 3.63) is 11.5 Å². The molecule has 1 unspecified atom stereocenters. The topological polar surface area (TPSA) is 69.6 Å². The Kier molecular flexibility index (Phi) is 10.5. The molecule has 1 amide bonds. The summed E-state index contributed by atoms with van der Waals surface area (Å²) in [5.41, 5.74) is 0.125. The molecule has 0 spiro atoms. The van der Waals surface area contributed by atoms with Crippen molar-refractivity contribution in [2.45, 2.75) is 83.8 Å². The summed E-state index contributed by atoms with van der Waals surface area (Å²) < 4.78 is 47.2. The van der Waals surface area contributed by atoms with Crippen molar-refractivity contribution < 1.29 is 32.5 Å². The lowest BCUT2D eigenvalue weighted by atomic mass is 10.0. The second kappa shape index (κ2) is 11.9. The normalized spacial score (nSPS) is 21.5. The summed E-state index contributed by atoms with van der Waals surface area (Å²) in [5.74, 6) is 0.457. The average Bonchev–Trinajstić information content (AvgIpc) is 2.65. The number of rotatable bonds is 8. The summed E-state index contributed by atoms with van der Waals surface area (Å²) in [6.45, 7) is 9.76. The highest BCUT2D eigenvalue weighted by Crippen LogP contribution is 2.26. The Hall–Kier alpha value is -1.55. The molecule has 0 aliphatic carbocycles. The number of hydrogen-bond acceptors (Lipinski definition) is 7. The first-order chi connectivity index (χ1) is 14.3. The van der Waals surface area contributed by atoms with Gasteiger partial charge in [-0.1, -0.05) is 6.92 Å². The predicted molar refractivity (Wildman–Crippen MR) is 119 cm³/mol. The molecule has 0 aromatic rings. The lowest BCUT2D eigenvalue weighted by Crippen LogP contribution is -2.53. The van der Waals surface area contributed by atoms with Crippen LogP contribution in [0, 0.1) is 0 Å². The Morgan fingerprint density at radius 1 is 1.19 bits per heavy atom. The third kappa shape index (κ3) is 10.1. The summed E-state index contributed by atoms with van der Waals surface area (Å²) in [7, 11) is 1.56. The van der Waals surface area contributed by atoms with Gasteiger partial charge >= 0.3 is 12.2 Å². The van der Waals surface area contributed by atoms with E-state index in [9.17, 15) is 13.6 Å². The fourth-order valence-electron chi connectivity index (χ4n) is 2.83. The zero-order valence-corrected chi connectivity index (χ0v) is 20.4. The first kappa shape index (κ1) is 27.5. The smallest absolute Gasteiger partial charge is 0.411 e. The molecule has 1 rings (SSSR count). The Labute approximate surface area is 189 Å². The van der Waals surface area contributed by atoms with Crippen LogP contribution >= 0.6 is 12.6 Å². The molecule has 7 nitrogen and oxygen atoms in total. The molecule has 0 radical (unpaired) electrons. The molecule has 180 valence electrons. The SMILES string of the molecule is CC/C(C)=C(/OCCOC(C)(F)F)OC(=NC)[C@H]1CCC(S)CN1C(=O)OC(C)(C)C. The maximum atomic E-state index is 12.9. The summed E-state index contributed by atoms with van der Waals surface area (Å²) in [6, 6.07) is -0.456. The molecule has 2 atom stereocenters. The lowest BCUT2D eigenvalue weighted by molar-refractivity contribution is -0.229. The summed E-state index contributed by atoms with van der Waals surface area (Å²) in [5, 5.41) is 0.0124. The van der Waals surface area contributed by atoms with Gasteiger partial charge in [-0.05, 0) is 47.0 Å². The van der Waals surface area contributed by atoms with E-state index in [0.29, 0.717) is 26.3 Å². The number of nitrogens with zero attached hydrogens (tertiary/aromatic N) is 2. The zero-order valence-electron chi connectivity index (χ0n) is 19.5. The van der Waals surface area contributed by atoms with Gasteiger partial charge in [0.15, 0.2) is 0 Å². The average molecular weight is 467 g/mol. The summed E-state index contributed by atoms with van der Waals surface area (Å²) >= 11 is 4.52. The molecule has 0 N–H and O–H groups in total. The van der Waals surface area contributed by atoms with Crippen LogP contribution in [0.1, 0.15) is 60.8 Å². The highest BCUT2D eigenvalue weighted by atomic mass is 32.1. The highest BCUT2D eigenvalue weighted by molar-refractivity contribution is 7.81. The molecule has 31 heavy (non-hydrogen) atoms. The van der Waals surface area contributed by atoms with Crippen LogP contribution in [0.2, 0.25) is 0 Å². The molecule has 1 fully saturated rings. The van der Waals surface area contributed by atoms with Gasteiger partial charge in [0.25, 0.3) is 5.95 Å². The van der Waals surface area contributed by atoms with Crippen LogP contribution < -0.4 is 0 Å². The van der Waals surface area contributed by atoms with Gasteiger partial charge in [0.2, 0.25) is 5.90 Å². The predicted octanol–water partition coefficient (Wildman–Crippen LogP) is 5.02. The summed E-state index contributed by atoms with van der Waals surface area (Å²) in [6.07, 6.45) is -1.73. The molecular weight excluding hydrogens is 430 g/mol. The Bertz CT molecular complexity index is 659. The molecule has 10 heteroatoms. The van der Waals surface area contributed by atoms with Gasteiger partial charge in [-0.15, -0.1) is 0 Å². The second-order valence-corrected chi connectivity index (χ2v) is 9.20. The van der Waals surface area contributed by atoms with E-state index in [-0.39, 0.29) is 30.3 Å². The van der Waals surface area contributed by atoms with Crippen molar-refractivity contribution in [3.63, 3.8) is 0 Å². The van der Waals surface area contributed by atoms with E-state index in [1.54, 1.807) is 32.7 Å². The van der Waals surface area contributed by atoms with Gasteiger partial charge in [0.1, 0.15) is 18.2 Å². The third-order valence-electron chi connectivity index (χ3n) is 4.44. The number of likely N-dealkylation sites (tertiary alicyclic amines) is 1. The molecule has 0 aromatic carbocycles. The molecule has 1 saturated heterocycles. The number of alkyl halides is 2. The van der Waals surface area contributed by atoms with Crippen molar-refractivity contribution in [1.29, 1.82) is 0 Å². The van der Waals surface area contributed by atoms with Gasteiger partial charge in [0.05, 0.1) is 6.61 Å². The van der Waals surface area contributed by atoms with E-state index in [1.165, 1.54) is 0 Å². The van der Waals surface area contributed by atoms with Gasteiger partial charge in [0, 0.05) is 31.3 Å². The maximum Gasteiger partial charge on any atom is 0.411 e. The third-order valence-corrected chi connectivity index (χ3v) is 4.86. The number of carbonyl (C=O) groups excluding carboxylic acids is 1. The van der Waals surface area contributed by atoms with Crippen LogP contribution in [0.4, 0.5) is 13.6 Å². The van der Waals surface area contributed by atoms with Crippen molar-refractivity contribution >= 4 is 24.6 Å². The highest BCUT2D eigenvalue weighted by Gasteiger charge is 2.37. The fourth-order valence-corrected chi connectivity index (χ4v) is 3.15. The minimum absolute atomic E-state index is 0.0124. The molecule has 0 aromatic heterocycles. The van der Waals surface area contributed by atoms with Crippen LogP contribution in [0.5, 0.6) is 0 Å². The number of aliphatic imine (C=N–C) groups is 1. The molecule has 0 bridgehead atoms. The minimum atomic E-state index is -3.23. The fraction of sp³-hybridized carbons (Fsp3) is 0.810. The van der Waals surface area contributed by atoms with Crippen LogP contribution in [-0.4, -0.2) is 66.7 Å². The molecular formula is C21H36F2N2O5S. The Morgan fingerprint density at radius 2 is 1.84 bits per heavy atom. The molecule has 1 aliphatic rings. The number of thiol groups is 1. The van der Waals surface area contributed by atoms with Crippen molar-refractivity contribution in [2.24, 2.45) is 4.99 Å². The Balaban J connectivity index is 2.97. The van der Waals surface area contributed by atoms with Crippen molar-refractivity contribution in [2.75, 3.05) is 26.8 Å². The maximum absolute atomic E-state index is 12.9. The van der Waals surface area contributed by atoms with E-state index in [0.717, 1.165) is 12.0 Å². The minimum Gasteiger partial charge on any atom is -0.463 e. The number of piperidine rings is 1. The zero-order chi connectivity index (χ0) is 23.8. The van der Waals surface area contributed by atoms with Crippen LogP contribution in [-0.2, 0) is 18.9 Å². The molecule has 1 aliphatic heterocycles. The first-order valence-electron chi connectivity index (χ1n) is 10.4. The van der Waals surface area contributed by atoms with Crippen molar-refractivity contribution in [1.82, 2.24) is 4.90 Å². The van der Waals surface area contributed by atoms with Crippen LogP contribution in [0.3, 0.4) is 0 Å². The van der Waals surface area contributed by atoms with E-state index < -0.39 is 23.8 Å². The first-order valence-corrected chi connectivity index (χ1v) is 11.0. The Morgan fingerprint density at radius 3 is 2.35 bits per heavy atom. The standard InChI is InChI=1S/C21H36F2N2O5S/c1-8-14(2)18(27-11-12-28-21(6,22)23)29-17(24-7)16-10-9-15(31)13-25(16)19(26)30-20(3,4)5/h15-16,31H,8-13H2,1-7H3/b18-14-,24-17?/t15?,16-/m1/s1. The van der Waals surface area contributed by atoms with E-state index in [4.69, 9.17) is 14.2 Å². The van der Waals surface area contributed by atoms with E-state index >= 15 is 0 Å². The van der Waals surface area contributed by atoms with Gasteiger partial charge in [-0.25, -0.2) is 4.79 Å². The van der Waals surface area contributed by atoms with E-state index in [1.807, 2.05) is 13.8 Å². The van der Waals surface area contributed by atoms with Gasteiger partial charge < -0.3 is 18.9 Å². The number of halogens is 2. The number of hydrogen-bond donors (Lipinski definition) is 1. The molecule has 0 saturated carbocycles. The van der Waals surface area contributed by atoms with E-state index in [2.05, 4.69) is 22.4 Å². The monoisotopic (exact) mass is 466 g/mol. The lowest BCUT2D eigenvalue weighted by Gasteiger charge is -2.38. The van der Waals surface area contributed by atoms with Crippen LogP contribution in [0.15, 0.2) is 16.5 Å². The van der Waals surface area contributed by atoms with Crippen molar-refractivity contribution in [3.8, 4) is 0 Å². The largest absolute Gasteiger partial charge is 0.463 e.